The van der Waals surface area contributed by atoms with Crippen LogP contribution in [0.1, 0.15) is 25.8 Å². The largest absolute Gasteiger partial charge is 0.418 e. The van der Waals surface area contributed by atoms with E-state index in [1.54, 1.807) is 0 Å². The Hall–Kier alpha value is -0.880. The second kappa shape index (κ2) is 5.85. The van der Waals surface area contributed by atoms with Crippen LogP contribution < -0.4 is 5.32 Å². The van der Waals surface area contributed by atoms with Crippen LogP contribution in [0.5, 0.6) is 0 Å². The Morgan fingerprint density at radius 1 is 1.35 bits per heavy atom. The van der Waals surface area contributed by atoms with Crippen LogP contribution in [0.2, 0.25) is 5.02 Å². The van der Waals surface area contributed by atoms with Crippen molar-refractivity contribution in [1.29, 1.82) is 0 Å². The summed E-state index contributed by atoms with van der Waals surface area (Å²) in [6.45, 7) is 3.96. The molecule has 0 spiro atoms. The molecule has 1 heterocycles. The molecule has 0 radical (unpaired) electrons. The number of amidine groups is 1. The summed E-state index contributed by atoms with van der Waals surface area (Å²) in [5.74, 6) is 0. The topological polar surface area (TPSA) is 24.4 Å². The number of alkyl halides is 3. The number of nitrogens with one attached hydrogen (secondary N) is 1. The average Bonchev–Trinajstić information content (AvgIpc) is 2.29. The van der Waals surface area contributed by atoms with E-state index in [0.717, 1.165) is 12.5 Å². The van der Waals surface area contributed by atoms with Crippen molar-refractivity contribution in [3.63, 3.8) is 0 Å². The summed E-state index contributed by atoms with van der Waals surface area (Å²) in [5.41, 5.74) is -0.909. The van der Waals surface area contributed by atoms with E-state index in [-0.39, 0.29) is 16.8 Å². The molecule has 0 fully saturated rings. The molecule has 20 heavy (non-hydrogen) atoms. The third-order valence-electron chi connectivity index (χ3n) is 2.87. The van der Waals surface area contributed by atoms with Crippen molar-refractivity contribution >= 4 is 34.2 Å². The van der Waals surface area contributed by atoms with Gasteiger partial charge in [0.1, 0.15) is 0 Å². The first kappa shape index (κ1) is 15.5. The monoisotopic (exact) mass is 322 g/mol. The highest BCUT2D eigenvalue weighted by Gasteiger charge is 2.35. The number of para-hydroxylation sites is 1. The van der Waals surface area contributed by atoms with Crippen molar-refractivity contribution in [2.45, 2.75) is 37.7 Å². The molecule has 0 saturated heterocycles. The maximum absolute atomic E-state index is 13.0. The first-order valence-electron chi connectivity index (χ1n) is 6.14. The molecule has 2 unspecified atom stereocenters. The third kappa shape index (κ3) is 3.61. The van der Waals surface area contributed by atoms with Crippen LogP contribution in [-0.4, -0.2) is 16.5 Å². The summed E-state index contributed by atoms with van der Waals surface area (Å²) >= 11 is 7.33. The minimum absolute atomic E-state index is 0.0361. The molecule has 7 heteroatoms. The summed E-state index contributed by atoms with van der Waals surface area (Å²) in [5, 5.41) is 3.57. The molecule has 1 aromatic rings. The molecule has 0 saturated carbocycles. The van der Waals surface area contributed by atoms with Gasteiger partial charge in [0.2, 0.25) is 0 Å². The summed E-state index contributed by atoms with van der Waals surface area (Å²) in [7, 11) is 0. The third-order valence-corrected chi connectivity index (χ3v) is 4.21. The number of halogens is 4. The molecule has 2 nitrogen and oxygen atoms in total. The zero-order valence-corrected chi connectivity index (χ0v) is 12.5. The van der Waals surface area contributed by atoms with E-state index in [1.807, 2.05) is 13.8 Å². The lowest BCUT2D eigenvalue weighted by molar-refractivity contribution is -0.136. The molecule has 0 aliphatic carbocycles. The van der Waals surface area contributed by atoms with Gasteiger partial charge in [-0.15, -0.1) is 0 Å². The van der Waals surface area contributed by atoms with Crippen LogP contribution in [0.4, 0.5) is 18.9 Å². The molecule has 1 aromatic carbocycles. The Bertz CT molecular complexity index is 531. The van der Waals surface area contributed by atoms with Gasteiger partial charge in [0.25, 0.3) is 0 Å². The van der Waals surface area contributed by atoms with Crippen LogP contribution in [-0.2, 0) is 6.18 Å². The van der Waals surface area contributed by atoms with Gasteiger partial charge in [-0.1, -0.05) is 36.4 Å². The van der Waals surface area contributed by atoms with E-state index in [4.69, 9.17) is 11.6 Å². The molecule has 1 aliphatic heterocycles. The Balaban J connectivity index is 2.34. The summed E-state index contributed by atoms with van der Waals surface area (Å²) in [4.78, 5) is 4.33. The Morgan fingerprint density at radius 2 is 2.05 bits per heavy atom. The van der Waals surface area contributed by atoms with E-state index < -0.39 is 11.7 Å². The fourth-order valence-corrected chi connectivity index (χ4v) is 3.44. The lowest BCUT2D eigenvalue weighted by atomic mass is 10.1. The van der Waals surface area contributed by atoms with Gasteiger partial charge in [-0.2, -0.15) is 13.2 Å². The number of aliphatic imine (C=N–C) groups is 1. The van der Waals surface area contributed by atoms with Crippen LogP contribution in [0.25, 0.3) is 0 Å². The van der Waals surface area contributed by atoms with Gasteiger partial charge in [0.15, 0.2) is 5.17 Å². The van der Waals surface area contributed by atoms with Crippen molar-refractivity contribution in [2.24, 2.45) is 4.99 Å². The standard InChI is InChI=1S/C13H14ClF3N2S/c1-7-6-8(2)20-12(18-7)19-11-9(13(15,16)17)4-3-5-10(11)14/h3-5,7-8H,6H2,1-2H3,(H,18,19). The number of nitrogens with zero attached hydrogens (tertiary/aromatic N) is 1. The number of hydrogen-bond donors (Lipinski definition) is 1. The molecule has 0 aromatic heterocycles. The highest BCUT2D eigenvalue weighted by Crippen LogP contribution is 2.39. The van der Waals surface area contributed by atoms with Gasteiger partial charge in [0, 0.05) is 5.25 Å². The van der Waals surface area contributed by atoms with Crippen LogP contribution in [0.3, 0.4) is 0 Å². The van der Waals surface area contributed by atoms with E-state index >= 15 is 0 Å². The average molecular weight is 323 g/mol. The van der Waals surface area contributed by atoms with E-state index in [2.05, 4.69) is 10.3 Å². The second-order valence-electron chi connectivity index (χ2n) is 4.73. The highest BCUT2D eigenvalue weighted by atomic mass is 35.5. The summed E-state index contributed by atoms with van der Waals surface area (Å²) < 4.78 is 39.0. The molecule has 110 valence electrons. The summed E-state index contributed by atoms with van der Waals surface area (Å²) in [6.07, 6.45) is -3.55. The van der Waals surface area contributed by atoms with Crippen molar-refractivity contribution in [3.05, 3.63) is 28.8 Å². The van der Waals surface area contributed by atoms with Crippen LogP contribution in [0, 0.1) is 0 Å². The van der Waals surface area contributed by atoms with Gasteiger partial charge in [-0.25, -0.2) is 0 Å². The molecule has 2 rings (SSSR count). The van der Waals surface area contributed by atoms with E-state index in [9.17, 15) is 13.2 Å². The molecular formula is C13H14ClF3N2S. The number of thioether (sulfide) groups is 1. The number of hydrogen-bond acceptors (Lipinski definition) is 3. The van der Waals surface area contributed by atoms with Gasteiger partial charge in [-0.3, -0.25) is 4.99 Å². The zero-order valence-electron chi connectivity index (χ0n) is 11.0. The van der Waals surface area contributed by atoms with Crippen molar-refractivity contribution < 1.29 is 13.2 Å². The van der Waals surface area contributed by atoms with Crippen LogP contribution >= 0.6 is 23.4 Å². The number of benzene rings is 1. The van der Waals surface area contributed by atoms with E-state index in [0.29, 0.717) is 10.4 Å². The quantitative estimate of drug-likeness (QED) is 0.783. The normalized spacial score (nSPS) is 23.4. The molecule has 1 N–H and O–H groups in total. The molecular weight excluding hydrogens is 309 g/mol. The second-order valence-corrected chi connectivity index (χ2v) is 6.57. The molecule has 2 atom stereocenters. The van der Waals surface area contributed by atoms with Crippen molar-refractivity contribution in [2.75, 3.05) is 5.32 Å². The van der Waals surface area contributed by atoms with Gasteiger partial charge in [0.05, 0.1) is 22.3 Å². The van der Waals surface area contributed by atoms with Crippen LogP contribution in [0.15, 0.2) is 23.2 Å². The Labute approximate surface area is 124 Å². The maximum Gasteiger partial charge on any atom is 0.418 e. The zero-order chi connectivity index (χ0) is 14.9. The Morgan fingerprint density at radius 3 is 2.65 bits per heavy atom. The minimum Gasteiger partial charge on any atom is -0.333 e. The lowest BCUT2D eigenvalue weighted by Gasteiger charge is -2.24. The lowest BCUT2D eigenvalue weighted by Crippen LogP contribution is -2.24. The molecule has 0 bridgehead atoms. The fraction of sp³-hybridized carbons (Fsp3) is 0.462. The smallest absolute Gasteiger partial charge is 0.333 e. The molecule has 0 amide bonds. The van der Waals surface area contributed by atoms with Gasteiger partial charge >= 0.3 is 6.18 Å². The van der Waals surface area contributed by atoms with Gasteiger partial charge in [-0.05, 0) is 25.5 Å². The minimum atomic E-state index is -4.45. The first-order valence-corrected chi connectivity index (χ1v) is 7.40. The summed E-state index contributed by atoms with van der Waals surface area (Å²) in [6, 6.07) is 3.82. The van der Waals surface area contributed by atoms with Crippen molar-refractivity contribution in [1.82, 2.24) is 0 Å². The highest BCUT2D eigenvalue weighted by molar-refractivity contribution is 8.14. The predicted octanol–water partition coefficient (Wildman–Crippen LogP) is 5.04. The fourth-order valence-electron chi connectivity index (χ4n) is 2.06. The Kier molecular flexibility index (Phi) is 4.54. The molecule has 1 aliphatic rings. The van der Waals surface area contributed by atoms with E-state index in [1.165, 1.54) is 23.9 Å². The predicted molar refractivity (Wildman–Crippen MR) is 78.6 cm³/mol. The van der Waals surface area contributed by atoms with Crippen molar-refractivity contribution in [3.8, 4) is 0 Å². The first-order chi connectivity index (χ1) is 9.27. The number of rotatable bonds is 1. The number of anilines is 1. The van der Waals surface area contributed by atoms with Gasteiger partial charge < -0.3 is 5.32 Å². The maximum atomic E-state index is 13.0. The SMILES string of the molecule is CC1CC(C)SC(Nc2c(Cl)cccc2C(F)(F)F)=N1.